The summed E-state index contributed by atoms with van der Waals surface area (Å²) in [5, 5.41) is 71.7. The maximum absolute atomic E-state index is 12.8. The van der Waals surface area contributed by atoms with Crippen molar-refractivity contribution in [1.29, 1.82) is 0 Å². The lowest BCUT2D eigenvalue weighted by Gasteiger charge is -2.42. The van der Waals surface area contributed by atoms with Crippen LogP contribution >= 0.6 is 0 Å². The van der Waals surface area contributed by atoms with Crippen LogP contribution in [0.1, 0.15) is 149 Å². The fourth-order valence-corrected chi connectivity index (χ4v) is 6.87. The van der Waals surface area contributed by atoms with Gasteiger partial charge in [-0.25, -0.2) is 0 Å². The fourth-order valence-electron chi connectivity index (χ4n) is 6.87. The Kier molecular flexibility index (Phi) is 28.7. The van der Waals surface area contributed by atoms with Gasteiger partial charge in [-0.15, -0.1) is 0 Å². The second-order valence-corrected chi connectivity index (χ2v) is 15.5. The maximum Gasteiger partial charge on any atom is 0.306 e. The molecule has 56 heavy (non-hydrogen) atoms. The van der Waals surface area contributed by atoms with Crippen LogP contribution < -0.4 is 0 Å². The summed E-state index contributed by atoms with van der Waals surface area (Å²) in [7, 11) is 0. The molecule has 0 spiro atoms. The summed E-state index contributed by atoms with van der Waals surface area (Å²) in [6.07, 6.45) is 11.5. The Morgan fingerprint density at radius 1 is 0.571 bits per heavy atom. The standard InChI is InChI=1S/C42H78O14/c1-3-5-7-9-11-13-14-15-16-18-20-22-24-26-51-28-31(54-34(44)25-23-21-19-17-12-10-8-6-4-2)29-52-41-40(50)38(48)36(46)33(56-41)30-53-42-39(49)37(47)35(45)32(27-43)55-42/h11,13,31-33,35-43,45-50H,3-10,12,14-30H2,1-2H3/b13-11-. The molecule has 0 aromatic rings. The first-order valence-corrected chi connectivity index (χ1v) is 21.8. The molecule has 2 saturated heterocycles. The predicted molar refractivity (Wildman–Crippen MR) is 210 cm³/mol. The number of unbranched alkanes of at least 4 members (excludes halogenated alkanes) is 17. The van der Waals surface area contributed by atoms with Gasteiger partial charge in [-0.2, -0.15) is 0 Å². The predicted octanol–water partition coefficient (Wildman–Crippen LogP) is 4.34. The second-order valence-electron chi connectivity index (χ2n) is 15.5. The van der Waals surface area contributed by atoms with Crippen molar-refractivity contribution in [3.63, 3.8) is 0 Å². The molecule has 0 aliphatic carbocycles. The van der Waals surface area contributed by atoms with Crippen molar-refractivity contribution in [2.45, 2.75) is 216 Å². The van der Waals surface area contributed by atoms with Crippen LogP contribution in [0.3, 0.4) is 0 Å². The van der Waals surface area contributed by atoms with E-state index in [1.807, 2.05) is 0 Å². The molecule has 11 atom stereocenters. The molecule has 0 saturated carbocycles. The highest BCUT2D eigenvalue weighted by Gasteiger charge is 2.47. The van der Waals surface area contributed by atoms with E-state index in [0.29, 0.717) is 13.0 Å². The first-order valence-electron chi connectivity index (χ1n) is 21.8. The minimum absolute atomic E-state index is 0.0612. The molecule has 330 valence electrons. The minimum Gasteiger partial charge on any atom is -0.457 e. The number of carbonyl (C=O) groups is 1. The smallest absolute Gasteiger partial charge is 0.306 e. The van der Waals surface area contributed by atoms with E-state index >= 15 is 0 Å². The lowest BCUT2D eigenvalue weighted by molar-refractivity contribution is -0.332. The summed E-state index contributed by atoms with van der Waals surface area (Å²) in [4.78, 5) is 12.8. The van der Waals surface area contributed by atoms with Gasteiger partial charge in [0, 0.05) is 13.0 Å². The lowest BCUT2D eigenvalue weighted by Crippen LogP contribution is -2.61. The van der Waals surface area contributed by atoms with E-state index in [0.717, 1.165) is 44.9 Å². The van der Waals surface area contributed by atoms with Crippen molar-refractivity contribution in [2.75, 3.05) is 33.0 Å². The highest BCUT2D eigenvalue weighted by atomic mass is 16.7. The highest BCUT2D eigenvalue weighted by molar-refractivity contribution is 5.69. The number of hydrogen-bond donors (Lipinski definition) is 7. The third-order valence-corrected chi connectivity index (χ3v) is 10.5. The quantitative estimate of drug-likeness (QED) is 0.0279. The SMILES string of the molecule is CCCCC/C=C\CCCCCCCCOCC(COC1OC(COC2OC(CO)C(O)C(O)C2O)C(O)C(O)C1O)OC(=O)CCCCCCCCCCC. The fraction of sp³-hybridized carbons (Fsp3) is 0.929. The van der Waals surface area contributed by atoms with Crippen molar-refractivity contribution in [3.05, 3.63) is 12.2 Å². The number of aliphatic hydroxyl groups is 7. The van der Waals surface area contributed by atoms with E-state index in [9.17, 15) is 40.5 Å². The van der Waals surface area contributed by atoms with E-state index in [4.69, 9.17) is 28.4 Å². The van der Waals surface area contributed by atoms with Crippen LogP contribution in [-0.4, -0.2) is 142 Å². The molecule has 0 radical (unpaired) electrons. The number of esters is 1. The summed E-state index contributed by atoms with van der Waals surface area (Å²) in [5.41, 5.74) is 0. The van der Waals surface area contributed by atoms with Crippen LogP contribution in [0.15, 0.2) is 12.2 Å². The van der Waals surface area contributed by atoms with Crippen LogP contribution in [-0.2, 0) is 33.2 Å². The van der Waals surface area contributed by atoms with Gasteiger partial charge in [0.25, 0.3) is 0 Å². The number of aliphatic hydroxyl groups excluding tert-OH is 7. The summed E-state index contributed by atoms with van der Waals surface area (Å²) >= 11 is 0. The number of ether oxygens (including phenoxy) is 6. The minimum atomic E-state index is -1.70. The molecule has 14 heteroatoms. The normalized spacial score (nSPS) is 28.9. The van der Waals surface area contributed by atoms with Gasteiger partial charge in [-0.3, -0.25) is 4.79 Å². The van der Waals surface area contributed by atoms with Gasteiger partial charge < -0.3 is 64.2 Å². The Bertz CT molecular complexity index is 985. The van der Waals surface area contributed by atoms with Crippen LogP contribution in [0.5, 0.6) is 0 Å². The van der Waals surface area contributed by atoms with E-state index in [1.54, 1.807) is 0 Å². The van der Waals surface area contributed by atoms with Crippen molar-refractivity contribution in [2.24, 2.45) is 0 Å². The van der Waals surface area contributed by atoms with Gasteiger partial charge in [0.15, 0.2) is 12.6 Å². The molecule has 2 fully saturated rings. The average Bonchev–Trinajstić information content (AvgIpc) is 3.19. The van der Waals surface area contributed by atoms with Crippen LogP contribution in [0.4, 0.5) is 0 Å². The van der Waals surface area contributed by atoms with Crippen molar-refractivity contribution < 1.29 is 69.0 Å². The summed E-state index contributed by atoms with van der Waals surface area (Å²) < 4.78 is 34.0. The molecule has 0 amide bonds. The second kappa shape index (κ2) is 31.6. The van der Waals surface area contributed by atoms with Gasteiger partial charge in [0.05, 0.1) is 26.4 Å². The summed E-state index contributed by atoms with van der Waals surface area (Å²) in [6.45, 7) is 3.61. The third kappa shape index (κ3) is 20.6. The van der Waals surface area contributed by atoms with Gasteiger partial charge in [-0.05, 0) is 38.5 Å². The average molecular weight is 807 g/mol. The molecular formula is C42H78O14. The third-order valence-electron chi connectivity index (χ3n) is 10.5. The Balaban J connectivity index is 1.83. The highest BCUT2D eigenvalue weighted by Crippen LogP contribution is 2.26. The van der Waals surface area contributed by atoms with Gasteiger partial charge in [-0.1, -0.05) is 116 Å². The topological polar surface area (TPSA) is 214 Å². The van der Waals surface area contributed by atoms with Gasteiger partial charge in [0.2, 0.25) is 0 Å². The monoisotopic (exact) mass is 807 g/mol. The number of rotatable bonds is 33. The maximum atomic E-state index is 12.8. The molecule has 0 bridgehead atoms. The molecular weight excluding hydrogens is 728 g/mol. The first-order chi connectivity index (χ1) is 27.1. The van der Waals surface area contributed by atoms with Crippen molar-refractivity contribution in [3.8, 4) is 0 Å². The Morgan fingerprint density at radius 3 is 1.66 bits per heavy atom. The van der Waals surface area contributed by atoms with Gasteiger partial charge >= 0.3 is 5.97 Å². The van der Waals surface area contributed by atoms with Gasteiger partial charge in [0.1, 0.15) is 54.9 Å². The Labute approximate surface area is 335 Å². The zero-order valence-corrected chi connectivity index (χ0v) is 34.4. The van der Waals surface area contributed by atoms with Crippen LogP contribution in [0.25, 0.3) is 0 Å². The zero-order chi connectivity index (χ0) is 41.0. The molecule has 2 rings (SSSR count). The first kappa shape index (κ1) is 50.9. The number of allylic oxidation sites excluding steroid dienone is 2. The molecule has 2 heterocycles. The van der Waals surface area contributed by atoms with E-state index in [-0.39, 0.29) is 25.6 Å². The molecule has 2 aliphatic rings. The van der Waals surface area contributed by atoms with Crippen LogP contribution in [0.2, 0.25) is 0 Å². The molecule has 11 unspecified atom stereocenters. The lowest BCUT2D eigenvalue weighted by atomic mass is 9.98. The summed E-state index contributed by atoms with van der Waals surface area (Å²) in [5.74, 6) is -0.382. The van der Waals surface area contributed by atoms with Crippen LogP contribution in [0, 0.1) is 0 Å². The molecule has 0 aromatic heterocycles. The van der Waals surface area contributed by atoms with E-state index in [1.165, 1.54) is 77.0 Å². The number of hydrogen-bond acceptors (Lipinski definition) is 14. The molecule has 0 aromatic carbocycles. The van der Waals surface area contributed by atoms with Crippen molar-refractivity contribution >= 4 is 5.97 Å². The Hall–Kier alpha value is -1.27. The van der Waals surface area contributed by atoms with E-state index < -0.39 is 80.7 Å². The number of carbonyl (C=O) groups excluding carboxylic acids is 1. The molecule has 7 N–H and O–H groups in total. The van der Waals surface area contributed by atoms with E-state index in [2.05, 4.69) is 26.0 Å². The Morgan fingerprint density at radius 2 is 1.05 bits per heavy atom. The molecule has 14 nitrogen and oxygen atoms in total. The molecule has 2 aliphatic heterocycles. The zero-order valence-electron chi connectivity index (χ0n) is 34.4. The summed E-state index contributed by atoms with van der Waals surface area (Å²) in [6, 6.07) is 0. The largest absolute Gasteiger partial charge is 0.457 e. The van der Waals surface area contributed by atoms with Crippen molar-refractivity contribution in [1.82, 2.24) is 0 Å².